The molecule has 2 heterocycles. The van der Waals surface area contributed by atoms with Gasteiger partial charge in [-0.15, -0.1) is 0 Å². The molecule has 1 aliphatic rings. The van der Waals surface area contributed by atoms with Crippen LogP contribution in [0.25, 0.3) is 0 Å². The second-order valence-electron chi connectivity index (χ2n) is 4.64. The lowest BCUT2D eigenvalue weighted by Crippen LogP contribution is -2.49. The van der Waals surface area contributed by atoms with Crippen molar-refractivity contribution in [3.05, 3.63) is 12.3 Å². The Morgan fingerprint density at radius 1 is 1.53 bits per heavy atom. The van der Waals surface area contributed by atoms with E-state index in [1.165, 1.54) is 6.42 Å². The van der Waals surface area contributed by atoms with Crippen LogP contribution in [-0.2, 0) is 0 Å². The summed E-state index contributed by atoms with van der Waals surface area (Å²) in [5.41, 5.74) is 0. The van der Waals surface area contributed by atoms with Gasteiger partial charge in [-0.05, 0) is 24.9 Å². The van der Waals surface area contributed by atoms with E-state index in [1.807, 2.05) is 13.1 Å². The van der Waals surface area contributed by atoms with Crippen molar-refractivity contribution in [2.45, 2.75) is 19.4 Å². The first kappa shape index (κ1) is 12.1. The van der Waals surface area contributed by atoms with Crippen LogP contribution < -0.4 is 15.5 Å². The number of aromatic nitrogens is 2. The molecule has 0 amide bonds. The Balaban J connectivity index is 2.14. The van der Waals surface area contributed by atoms with Gasteiger partial charge in [0.1, 0.15) is 5.82 Å². The van der Waals surface area contributed by atoms with E-state index in [-0.39, 0.29) is 0 Å². The number of nitrogens with zero attached hydrogens (tertiary/aromatic N) is 3. The molecule has 1 aliphatic heterocycles. The minimum atomic E-state index is 0.503. The summed E-state index contributed by atoms with van der Waals surface area (Å²) in [6.07, 6.45) is 3.02. The molecule has 0 bridgehead atoms. The van der Waals surface area contributed by atoms with Crippen LogP contribution in [-0.4, -0.2) is 43.2 Å². The van der Waals surface area contributed by atoms with Crippen LogP contribution in [0.4, 0.5) is 11.8 Å². The molecule has 2 atom stereocenters. The van der Waals surface area contributed by atoms with Crippen molar-refractivity contribution in [1.82, 2.24) is 15.3 Å². The van der Waals surface area contributed by atoms with Crippen molar-refractivity contribution < 1.29 is 0 Å². The molecule has 1 aromatic heterocycles. The highest BCUT2D eigenvalue weighted by Gasteiger charge is 2.25. The third-order valence-electron chi connectivity index (χ3n) is 3.51. The lowest BCUT2D eigenvalue weighted by molar-refractivity contribution is 0.337. The molecule has 2 N–H and O–H groups in total. The molecule has 2 rings (SSSR count). The van der Waals surface area contributed by atoms with Crippen LogP contribution in [0.15, 0.2) is 12.3 Å². The number of nitrogens with one attached hydrogen (secondary N) is 2. The highest BCUT2D eigenvalue weighted by molar-refractivity contribution is 5.42. The lowest BCUT2D eigenvalue weighted by Gasteiger charge is -2.37. The Kier molecular flexibility index (Phi) is 3.78. The average molecular weight is 235 g/mol. The van der Waals surface area contributed by atoms with Gasteiger partial charge >= 0.3 is 0 Å². The van der Waals surface area contributed by atoms with E-state index < -0.39 is 0 Å². The molecule has 5 heteroatoms. The number of hydrogen-bond donors (Lipinski definition) is 2. The molecule has 0 saturated carbocycles. The van der Waals surface area contributed by atoms with Gasteiger partial charge in [-0.25, -0.2) is 4.98 Å². The van der Waals surface area contributed by atoms with Gasteiger partial charge in [-0.3, -0.25) is 0 Å². The molecule has 0 spiro atoms. The van der Waals surface area contributed by atoms with Crippen LogP contribution in [0.2, 0.25) is 0 Å². The normalized spacial score (nSPS) is 24.4. The fourth-order valence-electron chi connectivity index (χ4n) is 2.33. The molecular weight excluding hydrogens is 214 g/mol. The van der Waals surface area contributed by atoms with Gasteiger partial charge in [0, 0.05) is 32.9 Å². The summed E-state index contributed by atoms with van der Waals surface area (Å²) in [4.78, 5) is 10.9. The summed E-state index contributed by atoms with van der Waals surface area (Å²) in [5, 5.41) is 6.42. The molecule has 17 heavy (non-hydrogen) atoms. The molecule has 0 radical (unpaired) electrons. The molecule has 0 aromatic carbocycles. The van der Waals surface area contributed by atoms with Crippen LogP contribution in [0.1, 0.15) is 13.3 Å². The van der Waals surface area contributed by atoms with Gasteiger partial charge in [0.15, 0.2) is 0 Å². The van der Waals surface area contributed by atoms with Crippen molar-refractivity contribution in [3.8, 4) is 0 Å². The van der Waals surface area contributed by atoms with Gasteiger partial charge in [-0.1, -0.05) is 6.92 Å². The fourth-order valence-corrected chi connectivity index (χ4v) is 2.33. The Morgan fingerprint density at radius 3 is 3.06 bits per heavy atom. The van der Waals surface area contributed by atoms with E-state index in [4.69, 9.17) is 0 Å². The number of anilines is 2. The van der Waals surface area contributed by atoms with Gasteiger partial charge in [0.2, 0.25) is 5.95 Å². The smallest absolute Gasteiger partial charge is 0.224 e. The SMILES string of the molecule is CNc1nccc(N(C)[C@H]2CNCC[C@H]2C)n1. The van der Waals surface area contributed by atoms with Gasteiger partial charge in [-0.2, -0.15) is 4.98 Å². The van der Waals surface area contributed by atoms with Crippen molar-refractivity contribution in [2.24, 2.45) is 5.92 Å². The van der Waals surface area contributed by atoms with Crippen LogP contribution in [0, 0.1) is 5.92 Å². The molecule has 1 aromatic rings. The van der Waals surface area contributed by atoms with Crippen molar-refractivity contribution in [3.63, 3.8) is 0 Å². The highest BCUT2D eigenvalue weighted by Crippen LogP contribution is 2.21. The summed E-state index contributed by atoms with van der Waals surface area (Å²) in [7, 11) is 3.94. The topological polar surface area (TPSA) is 53.1 Å². The summed E-state index contributed by atoms with van der Waals surface area (Å²) < 4.78 is 0. The molecule has 0 unspecified atom stereocenters. The third-order valence-corrected chi connectivity index (χ3v) is 3.51. The average Bonchev–Trinajstić information content (AvgIpc) is 2.38. The second-order valence-corrected chi connectivity index (χ2v) is 4.64. The van der Waals surface area contributed by atoms with E-state index in [9.17, 15) is 0 Å². The zero-order valence-corrected chi connectivity index (χ0v) is 10.8. The predicted octanol–water partition coefficient (Wildman–Crippen LogP) is 0.952. The first-order valence-electron chi connectivity index (χ1n) is 6.16. The van der Waals surface area contributed by atoms with E-state index in [0.29, 0.717) is 17.9 Å². The maximum Gasteiger partial charge on any atom is 0.224 e. The van der Waals surface area contributed by atoms with Gasteiger partial charge < -0.3 is 15.5 Å². The third kappa shape index (κ3) is 2.66. The molecule has 0 aliphatic carbocycles. The number of likely N-dealkylation sites (N-methyl/N-ethyl adjacent to an activating group) is 1. The van der Waals surface area contributed by atoms with E-state index in [2.05, 4.69) is 39.5 Å². The summed E-state index contributed by atoms with van der Waals surface area (Å²) in [6.45, 7) is 4.45. The van der Waals surface area contributed by atoms with Gasteiger partial charge in [0.25, 0.3) is 0 Å². The summed E-state index contributed by atoms with van der Waals surface area (Å²) in [5.74, 6) is 2.34. The minimum absolute atomic E-state index is 0.503. The van der Waals surface area contributed by atoms with E-state index >= 15 is 0 Å². The number of hydrogen-bond acceptors (Lipinski definition) is 5. The number of piperidine rings is 1. The monoisotopic (exact) mass is 235 g/mol. The standard InChI is InChI=1S/C12H21N5/c1-9-4-6-14-8-10(9)17(3)11-5-7-15-12(13-2)16-11/h5,7,9-10,14H,4,6,8H2,1-3H3,(H,13,15,16)/t9-,10+/m1/s1. The zero-order chi connectivity index (χ0) is 12.3. The first-order valence-corrected chi connectivity index (χ1v) is 6.16. The molecular formula is C12H21N5. The summed E-state index contributed by atoms with van der Waals surface area (Å²) >= 11 is 0. The van der Waals surface area contributed by atoms with Crippen molar-refractivity contribution in [2.75, 3.05) is 37.4 Å². The Bertz CT molecular complexity index is 368. The quantitative estimate of drug-likeness (QED) is 0.817. The van der Waals surface area contributed by atoms with Crippen LogP contribution in [0.3, 0.4) is 0 Å². The number of rotatable bonds is 3. The van der Waals surface area contributed by atoms with E-state index in [0.717, 1.165) is 18.9 Å². The second kappa shape index (κ2) is 5.31. The highest BCUT2D eigenvalue weighted by atomic mass is 15.2. The maximum atomic E-state index is 4.48. The van der Waals surface area contributed by atoms with Gasteiger partial charge in [0.05, 0.1) is 0 Å². The van der Waals surface area contributed by atoms with Crippen molar-refractivity contribution >= 4 is 11.8 Å². The van der Waals surface area contributed by atoms with Crippen LogP contribution >= 0.6 is 0 Å². The summed E-state index contributed by atoms with van der Waals surface area (Å²) in [6, 6.07) is 2.46. The fraction of sp³-hybridized carbons (Fsp3) is 0.667. The zero-order valence-electron chi connectivity index (χ0n) is 10.8. The first-order chi connectivity index (χ1) is 8.22. The molecule has 94 valence electrons. The lowest BCUT2D eigenvalue weighted by atomic mass is 9.94. The largest absolute Gasteiger partial charge is 0.357 e. The van der Waals surface area contributed by atoms with E-state index in [1.54, 1.807) is 6.20 Å². The molecule has 5 nitrogen and oxygen atoms in total. The molecule has 1 saturated heterocycles. The Morgan fingerprint density at radius 2 is 2.35 bits per heavy atom. The van der Waals surface area contributed by atoms with Crippen LogP contribution in [0.5, 0.6) is 0 Å². The maximum absolute atomic E-state index is 4.48. The Hall–Kier alpha value is -1.36. The minimum Gasteiger partial charge on any atom is -0.357 e. The Labute approximate surface area is 103 Å². The molecule has 1 fully saturated rings. The van der Waals surface area contributed by atoms with Crippen molar-refractivity contribution in [1.29, 1.82) is 0 Å². The predicted molar refractivity (Wildman–Crippen MR) is 70.4 cm³/mol.